The maximum absolute atomic E-state index is 13.6. The first-order valence-corrected chi connectivity index (χ1v) is 16.9. The fourth-order valence-corrected chi connectivity index (χ4v) is 5.75. The number of ketones is 1. The molecular formula is C28H41N7O10S2. The van der Waals surface area contributed by atoms with Gasteiger partial charge in [0, 0.05) is 31.0 Å². The average Bonchev–Trinajstić information content (AvgIpc) is 3.53. The molecule has 17 nitrogen and oxygen atoms in total. The smallest absolute Gasteiger partial charge is 0.407 e. The second-order valence-electron chi connectivity index (χ2n) is 13.3. The summed E-state index contributed by atoms with van der Waals surface area (Å²) in [7, 11) is -4.98. The van der Waals surface area contributed by atoms with Gasteiger partial charge in [-0.3, -0.25) is 18.8 Å². The monoisotopic (exact) mass is 699 g/mol. The van der Waals surface area contributed by atoms with Crippen LogP contribution in [-0.2, 0) is 52.0 Å². The molecule has 0 aromatic carbocycles. The Balaban J connectivity index is 1.78. The number of hydrogen-bond donors (Lipinski definition) is 2. The fraction of sp³-hybridized carbons (Fsp3) is 0.643. The van der Waals surface area contributed by atoms with Crippen LogP contribution in [0, 0.1) is 12.8 Å². The lowest BCUT2D eigenvalue weighted by atomic mass is 9.84. The van der Waals surface area contributed by atoms with Crippen molar-refractivity contribution < 1.29 is 46.5 Å². The predicted octanol–water partition coefficient (Wildman–Crippen LogP) is 2.24. The normalized spacial score (nSPS) is 17.6. The number of oxime groups is 1. The molecule has 2 atom stereocenters. The molecule has 0 spiro atoms. The number of β-lactam (4-membered cyclic amide) rings is 1. The third kappa shape index (κ3) is 10.5. The molecular weight excluding hydrogens is 658 g/mol. The van der Waals surface area contributed by atoms with Gasteiger partial charge in [0.25, 0.3) is 0 Å². The Morgan fingerprint density at radius 3 is 2.28 bits per heavy atom. The van der Waals surface area contributed by atoms with Crippen molar-refractivity contribution in [2.45, 2.75) is 105 Å². The third-order valence-corrected chi connectivity index (χ3v) is 8.07. The molecule has 1 aliphatic rings. The molecule has 1 saturated heterocycles. The molecule has 1 aliphatic heterocycles. The van der Waals surface area contributed by atoms with Crippen LogP contribution in [0.4, 0.5) is 4.79 Å². The number of amides is 2. The summed E-state index contributed by atoms with van der Waals surface area (Å²) in [6.07, 6.45) is 0.615. The van der Waals surface area contributed by atoms with Gasteiger partial charge in [-0.2, -0.15) is 8.42 Å². The van der Waals surface area contributed by atoms with Crippen molar-refractivity contribution in [1.29, 1.82) is 0 Å². The number of hydrogen-bond acceptors (Lipinski definition) is 14. The third-order valence-electron chi connectivity index (χ3n) is 6.34. The van der Waals surface area contributed by atoms with E-state index in [1.165, 1.54) is 36.1 Å². The largest absolute Gasteiger partial charge is 0.457 e. The first kappa shape index (κ1) is 37.5. The number of ether oxygens (including phenoxy) is 2. The molecule has 2 N–H and O–H groups in total. The van der Waals surface area contributed by atoms with E-state index in [2.05, 4.69) is 25.8 Å². The molecule has 0 saturated carbocycles. The Hall–Kier alpha value is -3.97. The summed E-state index contributed by atoms with van der Waals surface area (Å²) in [5.74, 6) is -3.66. The molecule has 19 heteroatoms. The van der Waals surface area contributed by atoms with Gasteiger partial charge >= 0.3 is 22.4 Å². The number of nitrogens with zero attached hydrogens (tertiary/aromatic N) is 6. The zero-order chi connectivity index (χ0) is 35.5. The summed E-state index contributed by atoms with van der Waals surface area (Å²) in [5.41, 5.74) is -2.80. The molecule has 2 amide bonds. The van der Waals surface area contributed by atoms with E-state index in [-0.39, 0.29) is 35.2 Å². The Kier molecular flexibility index (Phi) is 11.2. The zero-order valence-corrected chi connectivity index (χ0v) is 29.4. The van der Waals surface area contributed by atoms with Gasteiger partial charge in [-0.15, -0.1) is 16.4 Å². The summed E-state index contributed by atoms with van der Waals surface area (Å²) in [6, 6.07) is -1.20. The van der Waals surface area contributed by atoms with Gasteiger partial charge in [0.05, 0.1) is 29.2 Å². The van der Waals surface area contributed by atoms with E-state index in [0.717, 1.165) is 0 Å². The lowest BCUT2D eigenvalue weighted by molar-refractivity contribution is -0.179. The van der Waals surface area contributed by atoms with Crippen molar-refractivity contribution in [3.05, 3.63) is 28.0 Å². The molecule has 2 aromatic rings. The summed E-state index contributed by atoms with van der Waals surface area (Å²) in [4.78, 5) is 60.9. The van der Waals surface area contributed by atoms with Crippen LogP contribution in [0.25, 0.3) is 0 Å². The lowest BCUT2D eigenvalue weighted by Crippen LogP contribution is -2.64. The fourth-order valence-electron chi connectivity index (χ4n) is 4.23. The van der Waals surface area contributed by atoms with E-state index in [1.807, 2.05) is 0 Å². The van der Waals surface area contributed by atoms with Crippen LogP contribution >= 0.6 is 11.3 Å². The second-order valence-corrected chi connectivity index (χ2v) is 15.7. The Morgan fingerprint density at radius 2 is 1.72 bits per heavy atom. The molecule has 0 aliphatic carbocycles. The zero-order valence-electron chi connectivity index (χ0n) is 27.8. The number of carbonyl (C=O) groups is 4. The Bertz CT molecular complexity index is 1630. The second kappa shape index (κ2) is 14.0. The van der Waals surface area contributed by atoms with Crippen LogP contribution in [-0.4, -0.2) is 96.1 Å². The number of alkyl carbamates (subject to hydrolysis) is 1. The minimum atomic E-state index is -4.98. The summed E-state index contributed by atoms with van der Waals surface area (Å²) >= 11 is 1.23. The average molecular weight is 700 g/mol. The Labute approximate surface area is 276 Å². The van der Waals surface area contributed by atoms with Gasteiger partial charge in [0.1, 0.15) is 16.9 Å². The molecule has 1 fully saturated rings. The predicted molar refractivity (Wildman–Crippen MR) is 168 cm³/mol. The lowest BCUT2D eigenvalue weighted by Gasteiger charge is -2.43. The van der Waals surface area contributed by atoms with Crippen molar-refractivity contribution >= 4 is 51.1 Å². The summed E-state index contributed by atoms with van der Waals surface area (Å²) in [6.45, 7) is 14.7. The van der Waals surface area contributed by atoms with Gasteiger partial charge in [0.15, 0.2) is 11.5 Å². The SMILES string of the molecule is Cc1nc(/C(=N/OC(C)(C)C(=O)OC(C)(C)C)C(=O)C[C@@H]2C(=O)N(S(=O)(=O)O)[C@@H]2Cn2cc(CCNC(=O)OC(C)(C)C)nn2)cs1. The highest BCUT2D eigenvalue weighted by molar-refractivity contribution is 7.84. The number of aromatic nitrogens is 4. The molecule has 3 heterocycles. The molecule has 0 bridgehead atoms. The minimum Gasteiger partial charge on any atom is -0.457 e. The van der Waals surface area contributed by atoms with Crippen molar-refractivity contribution in [2.24, 2.45) is 11.1 Å². The minimum absolute atomic E-state index is 0.133. The van der Waals surface area contributed by atoms with Crippen LogP contribution in [0.5, 0.6) is 0 Å². The quantitative estimate of drug-likeness (QED) is 0.101. The van der Waals surface area contributed by atoms with Crippen molar-refractivity contribution in [2.75, 3.05) is 6.54 Å². The first-order valence-electron chi connectivity index (χ1n) is 14.6. The van der Waals surface area contributed by atoms with E-state index in [0.29, 0.717) is 10.7 Å². The van der Waals surface area contributed by atoms with E-state index < -0.39 is 69.2 Å². The number of esters is 1. The standard InChI is InChI=1S/C28H41N7O10S2/c1-16-30-19(15-46-16)22(32-45-28(8,9)24(38)43-26(2,3)4)21(36)12-18-20(35(23(18)37)47(40,41)42)14-34-13-17(31-33-34)10-11-29-25(39)44-27(5,6)7/h13,15,18,20H,10-12,14H2,1-9H3,(H,29,39)(H,40,41,42)/b32-22-/t18-,20+/m0/s1. The van der Waals surface area contributed by atoms with E-state index in [4.69, 9.17) is 14.3 Å². The van der Waals surface area contributed by atoms with Gasteiger partial charge < -0.3 is 19.6 Å². The molecule has 0 radical (unpaired) electrons. The van der Waals surface area contributed by atoms with Gasteiger partial charge in [0.2, 0.25) is 11.5 Å². The topological polar surface area (TPSA) is 222 Å². The highest BCUT2D eigenvalue weighted by Crippen LogP contribution is 2.34. The maximum atomic E-state index is 13.6. The summed E-state index contributed by atoms with van der Waals surface area (Å²) in [5, 5.41) is 16.7. The van der Waals surface area contributed by atoms with Crippen molar-refractivity contribution in [1.82, 2.24) is 29.6 Å². The van der Waals surface area contributed by atoms with Crippen molar-refractivity contribution in [3.8, 4) is 0 Å². The molecule has 47 heavy (non-hydrogen) atoms. The number of thiazole rings is 1. The molecule has 3 rings (SSSR count). The van der Waals surface area contributed by atoms with Gasteiger partial charge in [-0.25, -0.2) is 18.9 Å². The van der Waals surface area contributed by atoms with Crippen LogP contribution in [0.1, 0.15) is 78.2 Å². The number of carbonyl (C=O) groups excluding carboxylic acids is 4. The maximum Gasteiger partial charge on any atom is 0.407 e. The highest BCUT2D eigenvalue weighted by atomic mass is 32.2. The Morgan fingerprint density at radius 1 is 1.09 bits per heavy atom. The number of aryl methyl sites for hydroxylation is 1. The van der Waals surface area contributed by atoms with Gasteiger partial charge in [-0.1, -0.05) is 10.4 Å². The first-order chi connectivity index (χ1) is 21.5. The number of rotatable bonds is 13. The van der Waals surface area contributed by atoms with Crippen LogP contribution < -0.4 is 5.32 Å². The van der Waals surface area contributed by atoms with Crippen LogP contribution in [0.15, 0.2) is 16.7 Å². The molecule has 2 aromatic heterocycles. The van der Waals surface area contributed by atoms with Crippen LogP contribution in [0.2, 0.25) is 0 Å². The molecule has 260 valence electrons. The van der Waals surface area contributed by atoms with E-state index >= 15 is 0 Å². The van der Waals surface area contributed by atoms with Crippen LogP contribution in [0.3, 0.4) is 0 Å². The van der Waals surface area contributed by atoms with E-state index in [1.54, 1.807) is 53.8 Å². The molecule has 0 unspecified atom stereocenters. The highest BCUT2D eigenvalue weighted by Gasteiger charge is 2.54. The van der Waals surface area contributed by atoms with Gasteiger partial charge in [-0.05, 0) is 62.3 Å². The number of nitrogens with one attached hydrogen (secondary N) is 1. The number of Topliss-reactive ketones (excluding diaryl/α,β-unsaturated/α-hetero) is 1. The van der Waals surface area contributed by atoms with E-state index in [9.17, 15) is 32.1 Å². The van der Waals surface area contributed by atoms with Crippen molar-refractivity contribution in [3.63, 3.8) is 0 Å². The summed E-state index contributed by atoms with van der Waals surface area (Å²) < 4.78 is 46.0.